The maximum absolute atomic E-state index is 10.1. The summed E-state index contributed by atoms with van der Waals surface area (Å²) in [5.74, 6) is 0.259. The third kappa shape index (κ3) is 1.26. The molecule has 3 aromatic rings. The minimum Gasteiger partial charge on any atom is -0.505 e. The van der Waals surface area contributed by atoms with Crippen LogP contribution in [-0.4, -0.2) is 15.1 Å². The van der Waals surface area contributed by atoms with Crippen molar-refractivity contribution >= 4 is 11.0 Å². The molecule has 3 rings (SSSR count). The summed E-state index contributed by atoms with van der Waals surface area (Å²) < 4.78 is 0. The molecule has 3 heteroatoms. The Morgan fingerprint density at radius 3 is 2.56 bits per heavy atom. The van der Waals surface area contributed by atoms with Crippen LogP contribution in [0.1, 0.15) is 0 Å². The minimum absolute atomic E-state index is 0.259. The van der Waals surface area contributed by atoms with Crippen LogP contribution in [0.4, 0.5) is 0 Å². The summed E-state index contributed by atoms with van der Waals surface area (Å²) in [4.78, 5) is 7.29. The standard InChI is InChI=1S/C13H10N2O/c16-12-10-7-4-8-14-13(10)15-11(12)9-5-2-1-3-6-9/h1-8,16H,(H,14,15). The number of nitrogens with zero attached hydrogens (tertiary/aromatic N) is 1. The zero-order valence-electron chi connectivity index (χ0n) is 8.51. The van der Waals surface area contributed by atoms with Crippen molar-refractivity contribution in [3.8, 4) is 17.0 Å². The van der Waals surface area contributed by atoms with Crippen molar-refractivity contribution in [1.82, 2.24) is 9.97 Å². The first-order chi connectivity index (χ1) is 7.86. The van der Waals surface area contributed by atoms with Crippen LogP contribution < -0.4 is 0 Å². The number of pyridine rings is 1. The SMILES string of the molecule is Oc1c(-c2ccccc2)[nH]c2ncccc12. The van der Waals surface area contributed by atoms with E-state index in [0.29, 0.717) is 11.3 Å². The Kier molecular flexibility index (Phi) is 1.90. The van der Waals surface area contributed by atoms with Gasteiger partial charge in [-0.25, -0.2) is 4.98 Å². The molecule has 3 nitrogen and oxygen atoms in total. The van der Waals surface area contributed by atoms with E-state index in [9.17, 15) is 5.11 Å². The molecule has 0 saturated carbocycles. The lowest BCUT2D eigenvalue weighted by Gasteiger charge is -1.97. The molecule has 0 aliphatic heterocycles. The Morgan fingerprint density at radius 2 is 1.81 bits per heavy atom. The van der Waals surface area contributed by atoms with Gasteiger partial charge in [0.25, 0.3) is 0 Å². The van der Waals surface area contributed by atoms with E-state index in [2.05, 4.69) is 9.97 Å². The largest absolute Gasteiger partial charge is 0.505 e. The second-order valence-corrected chi connectivity index (χ2v) is 3.61. The molecule has 78 valence electrons. The fourth-order valence-corrected chi connectivity index (χ4v) is 1.82. The van der Waals surface area contributed by atoms with Gasteiger partial charge in [0, 0.05) is 11.8 Å². The van der Waals surface area contributed by atoms with Crippen LogP contribution in [0.25, 0.3) is 22.3 Å². The summed E-state index contributed by atoms with van der Waals surface area (Å²) in [7, 11) is 0. The number of aromatic hydroxyl groups is 1. The second kappa shape index (κ2) is 3.38. The van der Waals surface area contributed by atoms with E-state index in [-0.39, 0.29) is 5.75 Å². The fraction of sp³-hybridized carbons (Fsp3) is 0. The fourth-order valence-electron chi connectivity index (χ4n) is 1.82. The molecule has 0 aliphatic rings. The highest BCUT2D eigenvalue weighted by Crippen LogP contribution is 2.34. The molecule has 2 N–H and O–H groups in total. The first kappa shape index (κ1) is 8.97. The zero-order valence-corrected chi connectivity index (χ0v) is 8.51. The summed E-state index contributed by atoms with van der Waals surface area (Å²) in [5, 5.41) is 10.8. The molecule has 0 radical (unpaired) electrons. The number of nitrogens with one attached hydrogen (secondary N) is 1. The number of benzene rings is 1. The Labute approximate surface area is 92.4 Å². The van der Waals surface area contributed by atoms with E-state index in [4.69, 9.17) is 0 Å². The van der Waals surface area contributed by atoms with Gasteiger partial charge in [0.2, 0.25) is 0 Å². The van der Waals surface area contributed by atoms with Crippen molar-refractivity contribution in [2.24, 2.45) is 0 Å². The molecule has 0 atom stereocenters. The highest BCUT2D eigenvalue weighted by atomic mass is 16.3. The maximum atomic E-state index is 10.1. The van der Waals surface area contributed by atoms with Gasteiger partial charge in [-0.05, 0) is 12.1 Å². The maximum Gasteiger partial charge on any atom is 0.150 e. The summed E-state index contributed by atoms with van der Waals surface area (Å²) in [6, 6.07) is 13.4. The molecule has 1 aromatic carbocycles. The zero-order chi connectivity index (χ0) is 11.0. The van der Waals surface area contributed by atoms with Crippen molar-refractivity contribution in [3.63, 3.8) is 0 Å². The van der Waals surface area contributed by atoms with Crippen molar-refractivity contribution in [2.75, 3.05) is 0 Å². The van der Waals surface area contributed by atoms with E-state index >= 15 is 0 Å². The number of aromatic amines is 1. The van der Waals surface area contributed by atoms with Crippen LogP contribution in [-0.2, 0) is 0 Å². The molecule has 0 bridgehead atoms. The van der Waals surface area contributed by atoms with Crippen LogP contribution in [0.15, 0.2) is 48.7 Å². The van der Waals surface area contributed by atoms with Crippen LogP contribution >= 0.6 is 0 Å². The Morgan fingerprint density at radius 1 is 1.00 bits per heavy atom. The van der Waals surface area contributed by atoms with E-state index in [1.54, 1.807) is 6.20 Å². The Hall–Kier alpha value is -2.29. The lowest BCUT2D eigenvalue weighted by Crippen LogP contribution is -1.76. The van der Waals surface area contributed by atoms with E-state index in [1.807, 2.05) is 42.5 Å². The molecule has 0 unspecified atom stereocenters. The van der Waals surface area contributed by atoms with Crippen LogP contribution in [0.5, 0.6) is 5.75 Å². The molecule has 16 heavy (non-hydrogen) atoms. The highest BCUT2D eigenvalue weighted by Gasteiger charge is 2.11. The van der Waals surface area contributed by atoms with E-state index in [0.717, 1.165) is 10.9 Å². The van der Waals surface area contributed by atoms with Crippen molar-refractivity contribution < 1.29 is 5.11 Å². The van der Waals surface area contributed by atoms with Gasteiger partial charge in [0.05, 0.1) is 11.1 Å². The van der Waals surface area contributed by atoms with Gasteiger partial charge in [0.15, 0.2) is 5.75 Å². The lowest BCUT2D eigenvalue weighted by atomic mass is 10.1. The molecule has 0 saturated heterocycles. The molecule has 0 amide bonds. The van der Waals surface area contributed by atoms with Crippen molar-refractivity contribution in [1.29, 1.82) is 0 Å². The van der Waals surface area contributed by atoms with E-state index < -0.39 is 0 Å². The van der Waals surface area contributed by atoms with Gasteiger partial charge < -0.3 is 10.1 Å². The van der Waals surface area contributed by atoms with Gasteiger partial charge >= 0.3 is 0 Å². The number of hydrogen-bond acceptors (Lipinski definition) is 2. The van der Waals surface area contributed by atoms with Gasteiger partial charge in [-0.15, -0.1) is 0 Å². The monoisotopic (exact) mass is 210 g/mol. The number of fused-ring (bicyclic) bond motifs is 1. The van der Waals surface area contributed by atoms with Crippen molar-refractivity contribution in [3.05, 3.63) is 48.7 Å². The quantitative estimate of drug-likeness (QED) is 0.648. The summed E-state index contributed by atoms with van der Waals surface area (Å²) in [6.45, 7) is 0. The molecular weight excluding hydrogens is 200 g/mol. The number of hydrogen-bond donors (Lipinski definition) is 2. The van der Waals surface area contributed by atoms with E-state index in [1.165, 1.54) is 0 Å². The molecule has 0 fully saturated rings. The lowest BCUT2D eigenvalue weighted by molar-refractivity contribution is 0.483. The Balaban J connectivity index is 2.29. The number of aromatic nitrogens is 2. The molecule has 0 spiro atoms. The highest BCUT2D eigenvalue weighted by molar-refractivity contribution is 5.91. The van der Waals surface area contributed by atoms with Gasteiger partial charge in [-0.3, -0.25) is 0 Å². The third-order valence-electron chi connectivity index (χ3n) is 2.61. The third-order valence-corrected chi connectivity index (χ3v) is 2.61. The number of rotatable bonds is 1. The molecule has 2 heterocycles. The van der Waals surface area contributed by atoms with Crippen LogP contribution in [0.2, 0.25) is 0 Å². The summed E-state index contributed by atoms with van der Waals surface area (Å²) >= 11 is 0. The summed E-state index contributed by atoms with van der Waals surface area (Å²) in [5.41, 5.74) is 2.38. The van der Waals surface area contributed by atoms with Crippen LogP contribution in [0, 0.1) is 0 Å². The van der Waals surface area contributed by atoms with Gasteiger partial charge in [0.1, 0.15) is 5.65 Å². The normalized spacial score (nSPS) is 10.8. The topological polar surface area (TPSA) is 48.9 Å². The first-order valence-electron chi connectivity index (χ1n) is 5.07. The van der Waals surface area contributed by atoms with Crippen molar-refractivity contribution in [2.45, 2.75) is 0 Å². The predicted octanol–water partition coefficient (Wildman–Crippen LogP) is 2.94. The summed E-state index contributed by atoms with van der Waals surface area (Å²) in [6.07, 6.45) is 1.70. The number of H-pyrrole nitrogens is 1. The average molecular weight is 210 g/mol. The van der Waals surface area contributed by atoms with Gasteiger partial charge in [-0.2, -0.15) is 0 Å². The minimum atomic E-state index is 0.259. The van der Waals surface area contributed by atoms with Gasteiger partial charge in [-0.1, -0.05) is 30.3 Å². The average Bonchev–Trinajstić information content (AvgIpc) is 2.69. The second-order valence-electron chi connectivity index (χ2n) is 3.61. The predicted molar refractivity (Wildman–Crippen MR) is 63.2 cm³/mol. The smallest absolute Gasteiger partial charge is 0.150 e. The van der Waals surface area contributed by atoms with Crippen LogP contribution in [0.3, 0.4) is 0 Å². The molecule has 0 aliphatic carbocycles. The molecule has 2 aromatic heterocycles. The molecular formula is C13H10N2O. The first-order valence-corrected chi connectivity index (χ1v) is 5.07. The Bertz CT molecular complexity index is 629.